The van der Waals surface area contributed by atoms with E-state index in [4.69, 9.17) is 15.2 Å². The smallest absolute Gasteiger partial charge is 0.338 e. The third kappa shape index (κ3) is 4.64. The summed E-state index contributed by atoms with van der Waals surface area (Å²) in [4.78, 5) is 40.1. The summed E-state index contributed by atoms with van der Waals surface area (Å²) < 4.78 is 12.7. The van der Waals surface area contributed by atoms with E-state index in [9.17, 15) is 14.4 Å². The first-order valence-electron chi connectivity index (χ1n) is 11.7. The molecule has 36 heavy (non-hydrogen) atoms. The van der Waals surface area contributed by atoms with Gasteiger partial charge in [-0.15, -0.1) is 11.3 Å². The Morgan fingerprint density at radius 3 is 2.00 bits per heavy atom. The van der Waals surface area contributed by atoms with Gasteiger partial charge in [-0.2, -0.15) is 0 Å². The van der Waals surface area contributed by atoms with Crippen molar-refractivity contribution in [3.05, 3.63) is 95.9 Å². The number of fused-ring (bicyclic) bond motifs is 1. The second kappa shape index (κ2) is 10.4. The van der Waals surface area contributed by atoms with E-state index in [1.54, 1.807) is 19.9 Å². The highest BCUT2D eigenvalue weighted by atomic mass is 32.1. The second-order valence-electron chi connectivity index (χ2n) is 8.46. The zero-order valence-corrected chi connectivity index (χ0v) is 21.5. The van der Waals surface area contributed by atoms with E-state index >= 15 is 0 Å². The number of aromatic nitrogens is 1. The lowest BCUT2D eigenvalue weighted by atomic mass is 9.83. The molecular formula is C28H28N2O5S. The third-order valence-electron chi connectivity index (χ3n) is 5.92. The van der Waals surface area contributed by atoms with Crippen molar-refractivity contribution in [3.8, 4) is 0 Å². The van der Waals surface area contributed by atoms with Crippen molar-refractivity contribution in [2.75, 3.05) is 13.2 Å². The zero-order valence-electron chi connectivity index (χ0n) is 20.7. The van der Waals surface area contributed by atoms with E-state index in [0.29, 0.717) is 14.8 Å². The summed E-state index contributed by atoms with van der Waals surface area (Å²) in [7, 11) is 0. The molecular weight excluding hydrogens is 476 g/mol. The van der Waals surface area contributed by atoms with Crippen molar-refractivity contribution < 1.29 is 19.1 Å². The monoisotopic (exact) mass is 504 g/mol. The van der Waals surface area contributed by atoms with Gasteiger partial charge in [0.05, 0.1) is 34.8 Å². The van der Waals surface area contributed by atoms with Crippen LogP contribution in [0.3, 0.4) is 0 Å². The highest BCUT2D eigenvalue weighted by molar-refractivity contribution is 7.07. The lowest BCUT2D eigenvalue weighted by Gasteiger charge is -2.27. The Hall–Kier alpha value is -3.91. The Kier molecular flexibility index (Phi) is 7.26. The summed E-state index contributed by atoms with van der Waals surface area (Å²) >= 11 is 1.15. The maximum Gasteiger partial charge on any atom is 0.338 e. The Balaban J connectivity index is 2.10. The SMILES string of the molecule is CCOC(=O)C1=C(N)n2c(sc(=Cc3ccc(C)cc3)c2=O)=C(C(=O)OCC)C1c1ccc(C)cc1. The molecule has 0 radical (unpaired) electrons. The number of hydrogen-bond donors (Lipinski definition) is 1. The van der Waals surface area contributed by atoms with Crippen molar-refractivity contribution in [3.63, 3.8) is 0 Å². The van der Waals surface area contributed by atoms with Crippen LogP contribution in [-0.2, 0) is 19.1 Å². The Labute approximate surface area is 212 Å². The molecule has 0 saturated carbocycles. The summed E-state index contributed by atoms with van der Waals surface area (Å²) in [5.74, 6) is -2.20. The fourth-order valence-corrected chi connectivity index (χ4v) is 5.33. The van der Waals surface area contributed by atoms with Crippen LogP contribution in [0.2, 0.25) is 0 Å². The molecule has 8 heteroatoms. The Bertz CT molecular complexity index is 1530. The van der Waals surface area contributed by atoms with E-state index < -0.39 is 23.4 Å². The number of esters is 2. The summed E-state index contributed by atoms with van der Waals surface area (Å²) in [6.07, 6.45) is 1.75. The average molecular weight is 505 g/mol. The van der Waals surface area contributed by atoms with Crippen LogP contribution in [-0.4, -0.2) is 29.7 Å². The molecule has 0 fully saturated rings. The number of carbonyl (C=O) groups excluding carboxylic acids is 2. The van der Waals surface area contributed by atoms with E-state index in [-0.39, 0.29) is 30.2 Å². The first-order chi connectivity index (χ1) is 17.3. The molecule has 2 N–H and O–H groups in total. The molecule has 2 heterocycles. The molecule has 0 saturated heterocycles. The van der Waals surface area contributed by atoms with Gasteiger partial charge in [0.1, 0.15) is 10.5 Å². The minimum absolute atomic E-state index is 0.0399. The van der Waals surface area contributed by atoms with Crippen LogP contribution in [0.25, 0.3) is 17.5 Å². The summed E-state index contributed by atoms with van der Waals surface area (Å²) in [5, 5.41) is 0. The van der Waals surface area contributed by atoms with Crippen LogP contribution in [0.4, 0.5) is 0 Å². The predicted octanol–water partition coefficient (Wildman–Crippen LogP) is 2.56. The fraction of sp³-hybridized carbons (Fsp3) is 0.250. The highest BCUT2D eigenvalue weighted by Crippen LogP contribution is 2.37. The van der Waals surface area contributed by atoms with Crippen molar-refractivity contribution in [1.29, 1.82) is 0 Å². The minimum atomic E-state index is -0.853. The van der Waals surface area contributed by atoms with Gasteiger partial charge in [-0.05, 0) is 44.9 Å². The van der Waals surface area contributed by atoms with Gasteiger partial charge < -0.3 is 15.2 Å². The number of thiazole rings is 1. The molecule has 1 aliphatic rings. The quantitative estimate of drug-likeness (QED) is 0.518. The number of hydrogen-bond acceptors (Lipinski definition) is 7. The van der Waals surface area contributed by atoms with Crippen LogP contribution in [0, 0.1) is 13.8 Å². The molecule has 3 aromatic rings. The first-order valence-corrected chi connectivity index (χ1v) is 12.5. The average Bonchev–Trinajstić information content (AvgIpc) is 3.17. The van der Waals surface area contributed by atoms with Gasteiger partial charge in [-0.1, -0.05) is 59.7 Å². The number of carbonyl (C=O) groups is 2. The van der Waals surface area contributed by atoms with Gasteiger partial charge in [-0.3, -0.25) is 9.36 Å². The molecule has 4 rings (SSSR count). The van der Waals surface area contributed by atoms with Gasteiger partial charge in [0.25, 0.3) is 5.56 Å². The molecule has 0 spiro atoms. The van der Waals surface area contributed by atoms with Crippen LogP contribution < -0.4 is 20.5 Å². The summed E-state index contributed by atoms with van der Waals surface area (Å²) in [6, 6.07) is 15.2. The van der Waals surface area contributed by atoms with Gasteiger partial charge in [0, 0.05) is 0 Å². The first kappa shape index (κ1) is 25.2. The molecule has 1 atom stereocenters. The van der Waals surface area contributed by atoms with Gasteiger partial charge in [-0.25, -0.2) is 9.59 Å². The standard InChI is InChI=1S/C28H28N2O5S/c1-5-34-27(32)22-21(19-13-9-17(4)10-14-19)23(28(33)35-6-2)26-30(24(22)29)25(31)20(36-26)15-18-11-7-16(3)8-12-18/h7-15,21H,5-6,29H2,1-4H3. The van der Waals surface area contributed by atoms with Crippen LogP contribution in [0.1, 0.15) is 42.0 Å². The predicted molar refractivity (Wildman–Crippen MR) is 141 cm³/mol. The van der Waals surface area contributed by atoms with Crippen LogP contribution in [0.15, 0.2) is 58.9 Å². The molecule has 1 aromatic heterocycles. The maximum absolute atomic E-state index is 13.5. The zero-order chi connectivity index (χ0) is 26.0. The van der Waals surface area contributed by atoms with Gasteiger partial charge in [0.2, 0.25) is 0 Å². The number of benzene rings is 2. The van der Waals surface area contributed by atoms with E-state index in [0.717, 1.165) is 28.0 Å². The number of nitrogens with zero attached hydrogens (tertiary/aromatic N) is 1. The largest absolute Gasteiger partial charge is 0.463 e. The molecule has 1 aliphatic heterocycles. The lowest BCUT2D eigenvalue weighted by molar-refractivity contribution is -0.138. The summed E-state index contributed by atoms with van der Waals surface area (Å²) in [6.45, 7) is 7.57. The number of aryl methyl sites for hydroxylation is 2. The minimum Gasteiger partial charge on any atom is -0.463 e. The Morgan fingerprint density at radius 2 is 1.44 bits per heavy atom. The molecule has 0 amide bonds. The molecule has 1 unspecified atom stereocenters. The molecule has 186 valence electrons. The number of rotatable bonds is 6. The molecule has 7 nitrogen and oxygen atoms in total. The van der Waals surface area contributed by atoms with Crippen LogP contribution in [0.5, 0.6) is 0 Å². The Morgan fingerprint density at radius 1 is 0.917 bits per heavy atom. The molecule has 0 aliphatic carbocycles. The van der Waals surface area contributed by atoms with E-state index in [1.165, 1.54) is 4.57 Å². The van der Waals surface area contributed by atoms with Gasteiger partial charge in [0.15, 0.2) is 0 Å². The highest BCUT2D eigenvalue weighted by Gasteiger charge is 2.39. The summed E-state index contributed by atoms with van der Waals surface area (Å²) in [5.41, 5.74) is 9.94. The van der Waals surface area contributed by atoms with Crippen LogP contribution >= 0.6 is 11.3 Å². The molecule has 0 bridgehead atoms. The van der Waals surface area contributed by atoms with Crippen molar-refractivity contribution in [1.82, 2.24) is 4.57 Å². The molecule has 2 aromatic carbocycles. The number of ether oxygens (including phenoxy) is 2. The van der Waals surface area contributed by atoms with E-state index in [1.807, 2.05) is 62.4 Å². The maximum atomic E-state index is 13.5. The number of nitrogens with two attached hydrogens (primary N) is 1. The normalized spacial score (nSPS) is 15.6. The van der Waals surface area contributed by atoms with Crippen molar-refractivity contribution >= 4 is 40.7 Å². The lowest BCUT2D eigenvalue weighted by Crippen LogP contribution is -2.42. The fourth-order valence-electron chi connectivity index (χ4n) is 4.17. The van der Waals surface area contributed by atoms with Crippen molar-refractivity contribution in [2.45, 2.75) is 33.6 Å². The third-order valence-corrected chi connectivity index (χ3v) is 7.03. The van der Waals surface area contributed by atoms with Crippen molar-refractivity contribution in [2.24, 2.45) is 5.73 Å². The van der Waals surface area contributed by atoms with Gasteiger partial charge >= 0.3 is 11.9 Å². The topological polar surface area (TPSA) is 101 Å². The van der Waals surface area contributed by atoms with E-state index in [2.05, 4.69) is 0 Å². The second-order valence-corrected chi connectivity index (χ2v) is 9.49.